The van der Waals surface area contributed by atoms with Crippen molar-refractivity contribution >= 4 is 15.8 Å². The van der Waals surface area contributed by atoms with Crippen LogP contribution in [0.25, 0.3) is 0 Å². The van der Waals surface area contributed by atoms with Crippen molar-refractivity contribution in [2.24, 2.45) is 5.92 Å². The molecule has 0 aliphatic carbocycles. The number of carbonyl (C=O) groups is 1. The number of likely N-dealkylation sites (tertiary alicyclic amines) is 1. The number of ether oxygens (including phenoxy) is 3. The van der Waals surface area contributed by atoms with Crippen molar-refractivity contribution in [3.05, 3.63) is 23.8 Å². The van der Waals surface area contributed by atoms with Gasteiger partial charge < -0.3 is 19.3 Å². The fraction of sp³-hybridized carbons (Fsp3) is 0.632. The number of aliphatic carboxylic acids is 1. The molecule has 3 aliphatic heterocycles. The summed E-state index contributed by atoms with van der Waals surface area (Å²) < 4.78 is 72.5. The minimum atomic E-state index is -5.08. The zero-order chi connectivity index (χ0) is 22.9. The highest BCUT2D eigenvalue weighted by Crippen LogP contribution is 2.45. The zero-order valence-corrected chi connectivity index (χ0v) is 17.7. The van der Waals surface area contributed by atoms with Crippen molar-refractivity contribution in [2.45, 2.75) is 30.8 Å². The third-order valence-corrected chi connectivity index (χ3v) is 8.29. The summed E-state index contributed by atoms with van der Waals surface area (Å²) in [5.74, 6) is -0.801. The van der Waals surface area contributed by atoms with Crippen LogP contribution in [-0.2, 0) is 25.9 Å². The number of rotatable bonds is 5. The number of nitrogens with zero attached hydrogens (tertiary/aromatic N) is 1. The maximum atomic E-state index is 12.6. The van der Waals surface area contributed by atoms with Crippen molar-refractivity contribution < 1.29 is 45.7 Å². The van der Waals surface area contributed by atoms with E-state index in [4.69, 9.17) is 24.1 Å². The molecule has 1 atom stereocenters. The molecule has 3 aliphatic rings. The van der Waals surface area contributed by atoms with E-state index in [-0.39, 0.29) is 12.7 Å². The quantitative estimate of drug-likeness (QED) is 0.702. The van der Waals surface area contributed by atoms with Crippen LogP contribution in [-0.4, -0.2) is 74.2 Å². The van der Waals surface area contributed by atoms with E-state index in [1.165, 1.54) is 0 Å². The molecule has 4 rings (SSSR count). The first-order valence-electron chi connectivity index (χ1n) is 9.69. The third kappa shape index (κ3) is 4.90. The van der Waals surface area contributed by atoms with E-state index in [1.807, 2.05) is 25.1 Å². The van der Waals surface area contributed by atoms with Gasteiger partial charge in [0.25, 0.3) is 0 Å². The van der Waals surface area contributed by atoms with Crippen molar-refractivity contribution in [3.8, 4) is 11.5 Å². The molecule has 0 bridgehead atoms. The monoisotopic (exact) mass is 467 g/mol. The van der Waals surface area contributed by atoms with Crippen LogP contribution in [0, 0.1) is 5.92 Å². The van der Waals surface area contributed by atoms with Gasteiger partial charge in [-0.1, -0.05) is 6.07 Å². The highest BCUT2D eigenvalue weighted by molar-refractivity contribution is 7.93. The predicted molar refractivity (Wildman–Crippen MR) is 103 cm³/mol. The molecule has 1 aromatic carbocycles. The molecule has 1 unspecified atom stereocenters. The van der Waals surface area contributed by atoms with Gasteiger partial charge in [-0.05, 0) is 31.0 Å². The molecule has 8 nitrogen and oxygen atoms in total. The Morgan fingerprint density at radius 3 is 2.55 bits per heavy atom. The van der Waals surface area contributed by atoms with Gasteiger partial charge in [-0.3, -0.25) is 4.90 Å². The average molecular weight is 467 g/mol. The molecule has 3 heterocycles. The number of carboxylic acid groups (broad SMARTS) is 1. The second kappa shape index (κ2) is 8.83. The first kappa shape index (κ1) is 23.6. The first-order chi connectivity index (χ1) is 14.5. The van der Waals surface area contributed by atoms with Crippen LogP contribution < -0.4 is 9.47 Å². The Morgan fingerprint density at radius 1 is 1.29 bits per heavy atom. The smallest absolute Gasteiger partial charge is 0.475 e. The van der Waals surface area contributed by atoms with Gasteiger partial charge in [-0.15, -0.1) is 0 Å². The van der Waals surface area contributed by atoms with Gasteiger partial charge in [0.05, 0.1) is 12.4 Å². The first-order valence-corrected chi connectivity index (χ1v) is 11.3. The molecule has 0 saturated carbocycles. The van der Waals surface area contributed by atoms with Crippen LogP contribution in [0.4, 0.5) is 13.2 Å². The van der Waals surface area contributed by atoms with E-state index in [2.05, 4.69) is 4.90 Å². The average Bonchev–Trinajstić information content (AvgIpc) is 3.21. The molecular weight excluding hydrogens is 443 g/mol. The Hall–Kier alpha value is -2.05. The molecule has 31 heavy (non-hydrogen) atoms. The summed E-state index contributed by atoms with van der Waals surface area (Å²) in [6.07, 6.45) is -4.36. The van der Waals surface area contributed by atoms with E-state index < -0.39 is 26.7 Å². The van der Waals surface area contributed by atoms with Crippen LogP contribution in [0.2, 0.25) is 0 Å². The summed E-state index contributed by atoms with van der Waals surface area (Å²) in [6, 6.07) is 5.91. The van der Waals surface area contributed by atoms with Crippen LogP contribution in [0.15, 0.2) is 18.2 Å². The van der Waals surface area contributed by atoms with Crippen LogP contribution in [0.1, 0.15) is 18.9 Å². The number of hydrogen-bond acceptors (Lipinski definition) is 7. The summed E-state index contributed by atoms with van der Waals surface area (Å²) in [5.41, 5.74) is 1.12. The van der Waals surface area contributed by atoms with Gasteiger partial charge in [0.1, 0.15) is 4.75 Å². The number of hydrogen-bond donors (Lipinski definition) is 1. The molecule has 1 spiro atoms. The van der Waals surface area contributed by atoms with Crippen molar-refractivity contribution in [2.75, 3.05) is 38.8 Å². The lowest BCUT2D eigenvalue weighted by Crippen LogP contribution is -2.67. The lowest BCUT2D eigenvalue weighted by atomic mass is 9.83. The SMILES string of the molecule is CCOCC1CCS(=O)(=O)C12CN(Cc1ccc3c(c1)OCO3)C2.O=C(O)C(F)(F)F. The molecule has 0 aromatic heterocycles. The van der Waals surface area contributed by atoms with Crippen LogP contribution in [0.3, 0.4) is 0 Å². The maximum absolute atomic E-state index is 12.6. The number of halogens is 3. The number of sulfone groups is 1. The Bertz CT molecular complexity index is 914. The van der Waals surface area contributed by atoms with Crippen molar-refractivity contribution in [1.82, 2.24) is 4.90 Å². The molecule has 2 fully saturated rings. The van der Waals surface area contributed by atoms with Crippen molar-refractivity contribution in [3.63, 3.8) is 0 Å². The maximum Gasteiger partial charge on any atom is 0.490 e. The molecule has 174 valence electrons. The highest BCUT2D eigenvalue weighted by Gasteiger charge is 2.61. The largest absolute Gasteiger partial charge is 0.490 e. The normalized spacial score (nSPS) is 23.2. The molecule has 2 saturated heterocycles. The topological polar surface area (TPSA) is 102 Å². The third-order valence-electron chi connectivity index (χ3n) is 5.69. The molecule has 12 heteroatoms. The van der Waals surface area contributed by atoms with Gasteiger partial charge in [-0.2, -0.15) is 13.2 Å². The Kier molecular flexibility index (Phi) is 6.72. The summed E-state index contributed by atoms with van der Waals surface area (Å²) in [6.45, 7) is 5.32. The highest BCUT2D eigenvalue weighted by atomic mass is 32.2. The molecule has 1 N–H and O–H groups in total. The van der Waals surface area contributed by atoms with Gasteiger partial charge >= 0.3 is 12.1 Å². The number of fused-ring (bicyclic) bond motifs is 1. The van der Waals surface area contributed by atoms with Crippen molar-refractivity contribution in [1.29, 1.82) is 0 Å². The Labute approximate surface area is 177 Å². The standard InChI is InChI=1S/C17H23NO5S.C2HF3O2/c1-2-21-9-14-5-6-24(19,20)17(14)10-18(11-17)8-13-3-4-15-16(7-13)23-12-22-15;3-2(4,5)1(6)7/h3-4,7,14H,2,5-6,8-12H2,1H3;(H,6,7). The lowest BCUT2D eigenvalue weighted by molar-refractivity contribution is -0.192. The Morgan fingerprint density at radius 2 is 1.94 bits per heavy atom. The summed E-state index contributed by atoms with van der Waals surface area (Å²) in [7, 11) is -3.03. The number of alkyl halides is 3. The molecule has 1 aromatic rings. The van der Waals surface area contributed by atoms with E-state index in [0.717, 1.165) is 30.0 Å². The van der Waals surface area contributed by atoms with E-state index in [1.54, 1.807) is 0 Å². The molecule has 0 radical (unpaired) electrons. The summed E-state index contributed by atoms with van der Waals surface area (Å²) >= 11 is 0. The minimum Gasteiger partial charge on any atom is -0.475 e. The Balaban J connectivity index is 0.000000339. The van der Waals surface area contributed by atoms with Gasteiger partial charge in [0.15, 0.2) is 21.3 Å². The zero-order valence-electron chi connectivity index (χ0n) is 16.9. The van der Waals surface area contributed by atoms with Crippen LogP contribution in [0.5, 0.6) is 11.5 Å². The summed E-state index contributed by atoms with van der Waals surface area (Å²) in [4.78, 5) is 11.1. The second-order valence-corrected chi connectivity index (χ2v) is 10.1. The van der Waals surface area contributed by atoms with E-state index in [0.29, 0.717) is 32.1 Å². The summed E-state index contributed by atoms with van der Waals surface area (Å²) in [5, 5.41) is 7.12. The van der Waals surface area contributed by atoms with Gasteiger partial charge in [-0.25, -0.2) is 13.2 Å². The van der Waals surface area contributed by atoms with E-state index in [9.17, 15) is 21.6 Å². The number of carboxylic acids is 1. The fourth-order valence-electron chi connectivity index (χ4n) is 4.09. The van der Waals surface area contributed by atoms with Crippen LogP contribution >= 0.6 is 0 Å². The van der Waals surface area contributed by atoms with E-state index >= 15 is 0 Å². The molecule has 0 amide bonds. The van der Waals surface area contributed by atoms with Gasteiger partial charge in [0, 0.05) is 32.2 Å². The fourth-order valence-corrected chi connectivity index (χ4v) is 6.54. The van der Waals surface area contributed by atoms with Gasteiger partial charge in [0.2, 0.25) is 6.79 Å². The number of benzene rings is 1. The predicted octanol–water partition coefficient (Wildman–Crippen LogP) is 2.07. The lowest BCUT2D eigenvalue weighted by Gasteiger charge is -2.50. The minimum absolute atomic E-state index is 0.121. The second-order valence-electron chi connectivity index (χ2n) is 7.66. The molecular formula is C19H24F3NO7S.